The summed E-state index contributed by atoms with van der Waals surface area (Å²) in [4.78, 5) is 12.7. The number of imidazole rings is 1. The van der Waals surface area contributed by atoms with Crippen molar-refractivity contribution in [1.82, 2.24) is 19.4 Å². The Labute approximate surface area is 173 Å². The molecule has 0 N–H and O–H groups in total. The molecule has 0 bridgehead atoms. The smallest absolute Gasteiger partial charge is 0.123 e. The summed E-state index contributed by atoms with van der Waals surface area (Å²) in [5.74, 6) is 1.18. The van der Waals surface area contributed by atoms with E-state index in [2.05, 4.69) is 80.9 Å². The van der Waals surface area contributed by atoms with Gasteiger partial charge in [-0.2, -0.15) is 0 Å². The van der Waals surface area contributed by atoms with Gasteiger partial charge in [0, 0.05) is 51.5 Å². The predicted molar refractivity (Wildman–Crippen MR) is 119 cm³/mol. The van der Waals surface area contributed by atoms with Gasteiger partial charge in [-0.25, -0.2) is 4.98 Å². The number of fused-ring (bicyclic) bond motifs is 1. The number of piperazine rings is 1. The Bertz CT molecular complexity index is 942. The third-order valence-corrected chi connectivity index (χ3v) is 6.68. The summed E-state index contributed by atoms with van der Waals surface area (Å²) < 4.78 is 2.26. The molecule has 2 aromatic carbocycles. The third-order valence-electron chi connectivity index (χ3n) is 6.68. The van der Waals surface area contributed by atoms with Crippen LogP contribution in [0.2, 0.25) is 0 Å². The molecule has 1 atom stereocenters. The third kappa shape index (κ3) is 3.89. The van der Waals surface area contributed by atoms with E-state index in [4.69, 9.17) is 4.98 Å². The summed E-state index contributed by atoms with van der Waals surface area (Å²) >= 11 is 0. The lowest BCUT2D eigenvalue weighted by molar-refractivity contribution is 0.0870. The zero-order valence-corrected chi connectivity index (χ0v) is 17.4. The number of benzene rings is 2. The van der Waals surface area contributed by atoms with Crippen molar-refractivity contribution in [1.29, 1.82) is 0 Å². The number of aryl methyl sites for hydroxylation is 1. The summed E-state index contributed by atoms with van der Waals surface area (Å²) in [5, 5.41) is 0. The molecule has 29 heavy (non-hydrogen) atoms. The molecule has 5 nitrogen and oxygen atoms in total. The monoisotopic (exact) mass is 389 g/mol. The molecule has 0 saturated carbocycles. The Morgan fingerprint density at radius 3 is 2.45 bits per heavy atom. The first kappa shape index (κ1) is 18.6. The van der Waals surface area contributed by atoms with E-state index in [0.717, 1.165) is 31.7 Å². The number of hydrogen-bond donors (Lipinski definition) is 0. The predicted octanol–water partition coefficient (Wildman–Crippen LogP) is 3.36. The molecule has 0 amide bonds. The number of aromatic nitrogens is 2. The molecular weight excluding hydrogens is 358 g/mol. The van der Waals surface area contributed by atoms with Crippen LogP contribution in [0.5, 0.6) is 0 Å². The lowest BCUT2D eigenvalue weighted by atomic mass is 10.0. The topological polar surface area (TPSA) is 27.5 Å². The van der Waals surface area contributed by atoms with Crippen molar-refractivity contribution in [3.63, 3.8) is 0 Å². The number of para-hydroxylation sites is 3. The minimum atomic E-state index is 0.677. The maximum absolute atomic E-state index is 4.89. The van der Waals surface area contributed by atoms with Crippen LogP contribution in [0.1, 0.15) is 18.7 Å². The minimum absolute atomic E-state index is 0.677. The van der Waals surface area contributed by atoms with Gasteiger partial charge in [0.2, 0.25) is 0 Å². The number of piperidine rings is 1. The average molecular weight is 390 g/mol. The molecule has 3 aromatic rings. The van der Waals surface area contributed by atoms with Crippen LogP contribution in [0.3, 0.4) is 0 Å². The molecule has 0 spiro atoms. The molecule has 2 aliphatic rings. The standard InChI is InChI=1S/C24H31N5/c1-26-23-12-6-5-11-22(23)25-24(26)19-27-13-7-10-21(18-27)29-16-14-28(15-17-29)20-8-3-2-4-9-20/h2-6,8-9,11-12,21H,7,10,13-19H2,1H3/t21-/m1/s1. The molecule has 0 unspecified atom stereocenters. The quantitative estimate of drug-likeness (QED) is 0.684. The van der Waals surface area contributed by atoms with Crippen molar-refractivity contribution < 1.29 is 0 Å². The Hall–Kier alpha value is -2.37. The van der Waals surface area contributed by atoms with E-state index in [0.29, 0.717) is 6.04 Å². The molecule has 2 saturated heterocycles. The summed E-state index contributed by atoms with van der Waals surface area (Å²) in [6.45, 7) is 7.89. The van der Waals surface area contributed by atoms with E-state index in [-0.39, 0.29) is 0 Å². The summed E-state index contributed by atoms with van der Waals surface area (Å²) in [7, 11) is 2.15. The highest BCUT2D eigenvalue weighted by molar-refractivity contribution is 5.75. The fourth-order valence-electron chi connectivity index (χ4n) is 4.99. The van der Waals surface area contributed by atoms with Crippen LogP contribution < -0.4 is 4.90 Å². The van der Waals surface area contributed by atoms with Gasteiger partial charge in [-0.1, -0.05) is 30.3 Å². The zero-order chi connectivity index (χ0) is 19.6. The highest BCUT2D eigenvalue weighted by Gasteiger charge is 2.28. The van der Waals surface area contributed by atoms with Gasteiger partial charge >= 0.3 is 0 Å². The summed E-state index contributed by atoms with van der Waals surface area (Å²) in [6, 6.07) is 20.0. The number of nitrogens with zero attached hydrogens (tertiary/aromatic N) is 5. The Morgan fingerprint density at radius 2 is 1.66 bits per heavy atom. The highest BCUT2D eigenvalue weighted by Crippen LogP contribution is 2.22. The average Bonchev–Trinajstić information content (AvgIpc) is 3.10. The van der Waals surface area contributed by atoms with Crippen molar-refractivity contribution in [2.24, 2.45) is 7.05 Å². The van der Waals surface area contributed by atoms with Gasteiger partial charge in [-0.15, -0.1) is 0 Å². The first-order valence-corrected chi connectivity index (χ1v) is 10.9. The Balaban J connectivity index is 1.20. The van der Waals surface area contributed by atoms with Gasteiger partial charge in [0.15, 0.2) is 0 Å². The molecule has 152 valence electrons. The van der Waals surface area contributed by atoms with E-state index < -0.39 is 0 Å². The number of anilines is 1. The van der Waals surface area contributed by atoms with Crippen LogP contribution in [-0.4, -0.2) is 64.7 Å². The van der Waals surface area contributed by atoms with Crippen LogP contribution in [0, 0.1) is 0 Å². The second-order valence-electron chi connectivity index (χ2n) is 8.47. The molecule has 0 aliphatic carbocycles. The van der Waals surface area contributed by atoms with E-state index in [1.807, 2.05) is 0 Å². The normalized spacial score (nSPS) is 21.7. The van der Waals surface area contributed by atoms with Gasteiger partial charge in [-0.3, -0.25) is 9.80 Å². The first-order valence-electron chi connectivity index (χ1n) is 10.9. The van der Waals surface area contributed by atoms with Crippen molar-refractivity contribution in [2.75, 3.05) is 44.2 Å². The number of likely N-dealkylation sites (tertiary alicyclic amines) is 1. The van der Waals surface area contributed by atoms with Crippen LogP contribution in [-0.2, 0) is 13.6 Å². The van der Waals surface area contributed by atoms with Crippen LogP contribution in [0.15, 0.2) is 54.6 Å². The molecule has 0 radical (unpaired) electrons. The van der Waals surface area contributed by atoms with Crippen molar-refractivity contribution in [2.45, 2.75) is 25.4 Å². The summed E-state index contributed by atoms with van der Waals surface area (Å²) in [5.41, 5.74) is 3.70. The van der Waals surface area contributed by atoms with E-state index >= 15 is 0 Å². The second-order valence-corrected chi connectivity index (χ2v) is 8.47. The van der Waals surface area contributed by atoms with E-state index in [1.165, 1.54) is 49.5 Å². The van der Waals surface area contributed by atoms with Crippen molar-refractivity contribution >= 4 is 16.7 Å². The fourth-order valence-corrected chi connectivity index (χ4v) is 4.99. The Morgan fingerprint density at radius 1 is 0.897 bits per heavy atom. The minimum Gasteiger partial charge on any atom is -0.369 e. The second kappa shape index (κ2) is 8.17. The largest absolute Gasteiger partial charge is 0.369 e. The van der Waals surface area contributed by atoms with Gasteiger partial charge in [0.1, 0.15) is 5.82 Å². The molecular formula is C24H31N5. The molecule has 3 heterocycles. The number of rotatable bonds is 4. The Kier molecular flexibility index (Phi) is 5.25. The molecule has 5 heteroatoms. The van der Waals surface area contributed by atoms with Gasteiger partial charge in [0.05, 0.1) is 17.6 Å². The van der Waals surface area contributed by atoms with Gasteiger partial charge in [0.25, 0.3) is 0 Å². The van der Waals surface area contributed by atoms with Crippen LogP contribution in [0.25, 0.3) is 11.0 Å². The maximum atomic E-state index is 4.89. The van der Waals surface area contributed by atoms with Crippen LogP contribution in [0.4, 0.5) is 5.69 Å². The molecule has 2 aliphatic heterocycles. The lowest BCUT2D eigenvalue weighted by Gasteiger charge is -2.44. The van der Waals surface area contributed by atoms with Crippen molar-refractivity contribution in [3.8, 4) is 0 Å². The zero-order valence-electron chi connectivity index (χ0n) is 17.4. The number of hydrogen-bond acceptors (Lipinski definition) is 4. The maximum Gasteiger partial charge on any atom is 0.123 e. The van der Waals surface area contributed by atoms with E-state index in [9.17, 15) is 0 Å². The van der Waals surface area contributed by atoms with Gasteiger partial charge in [-0.05, 0) is 43.7 Å². The first-order chi connectivity index (χ1) is 14.3. The van der Waals surface area contributed by atoms with Crippen molar-refractivity contribution in [3.05, 3.63) is 60.4 Å². The fraction of sp³-hybridized carbons (Fsp3) is 0.458. The molecule has 5 rings (SSSR count). The lowest BCUT2D eigenvalue weighted by Crippen LogP contribution is -2.55. The SMILES string of the molecule is Cn1c(CN2CCC[C@@H](N3CCN(c4ccccc4)CC3)C2)nc2ccccc21. The van der Waals surface area contributed by atoms with Gasteiger partial charge < -0.3 is 9.47 Å². The highest BCUT2D eigenvalue weighted by atomic mass is 15.3. The van der Waals surface area contributed by atoms with E-state index in [1.54, 1.807) is 0 Å². The molecule has 2 fully saturated rings. The van der Waals surface area contributed by atoms with Crippen LogP contribution >= 0.6 is 0 Å². The molecule has 1 aromatic heterocycles. The summed E-state index contributed by atoms with van der Waals surface area (Å²) in [6.07, 6.45) is 2.61.